The van der Waals surface area contributed by atoms with Crippen molar-refractivity contribution in [2.45, 2.75) is 32.7 Å². The fraction of sp³-hybridized carbons (Fsp3) is 0.909. The Morgan fingerprint density at radius 1 is 1.53 bits per heavy atom. The van der Waals surface area contributed by atoms with Gasteiger partial charge in [-0.15, -0.1) is 0 Å². The lowest BCUT2D eigenvalue weighted by Crippen LogP contribution is -2.45. The number of nitrogens with one attached hydrogen (secondary N) is 1. The molecular formula is C11H22N2O2. The van der Waals surface area contributed by atoms with E-state index in [2.05, 4.69) is 17.1 Å². The van der Waals surface area contributed by atoms with E-state index in [4.69, 9.17) is 5.11 Å². The Morgan fingerprint density at radius 3 is 2.60 bits per heavy atom. The van der Waals surface area contributed by atoms with Crippen LogP contribution >= 0.6 is 0 Å². The summed E-state index contributed by atoms with van der Waals surface area (Å²) in [6.07, 6.45) is 2.28. The van der Waals surface area contributed by atoms with Crippen molar-refractivity contribution in [3.8, 4) is 0 Å². The van der Waals surface area contributed by atoms with Gasteiger partial charge in [0.15, 0.2) is 0 Å². The number of aliphatic carboxylic acids is 1. The fourth-order valence-electron chi connectivity index (χ4n) is 2.14. The highest BCUT2D eigenvalue weighted by Gasteiger charge is 2.23. The lowest BCUT2D eigenvalue weighted by Gasteiger charge is -2.34. The fourth-order valence-corrected chi connectivity index (χ4v) is 2.14. The summed E-state index contributed by atoms with van der Waals surface area (Å²) in [6, 6.07) is 0.568. The SMILES string of the molecule is CCN(CC(C)C(=O)O)C1CCNCC1. The van der Waals surface area contributed by atoms with E-state index in [1.807, 2.05) is 0 Å². The molecule has 0 spiro atoms. The maximum atomic E-state index is 10.8. The van der Waals surface area contributed by atoms with Crippen molar-refractivity contribution in [3.63, 3.8) is 0 Å². The molecule has 1 aliphatic rings. The Hall–Kier alpha value is -0.610. The Morgan fingerprint density at radius 2 is 2.13 bits per heavy atom. The van der Waals surface area contributed by atoms with Crippen molar-refractivity contribution in [2.24, 2.45) is 5.92 Å². The molecule has 1 rings (SSSR count). The topological polar surface area (TPSA) is 52.6 Å². The zero-order valence-electron chi connectivity index (χ0n) is 9.70. The Balaban J connectivity index is 2.43. The standard InChI is InChI=1S/C11H22N2O2/c1-3-13(8-9(2)11(14)15)10-4-6-12-7-5-10/h9-10,12H,3-8H2,1-2H3,(H,14,15). The largest absolute Gasteiger partial charge is 0.481 e. The summed E-state index contributed by atoms with van der Waals surface area (Å²) >= 11 is 0. The van der Waals surface area contributed by atoms with Gasteiger partial charge in [0.2, 0.25) is 0 Å². The average Bonchev–Trinajstić information content (AvgIpc) is 2.26. The van der Waals surface area contributed by atoms with Gasteiger partial charge in [0, 0.05) is 12.6 Å². The summed E-state index contributed by atoms with van der Waals surface area (Å²) in [7, 11) is 0. The number of rotatable bonds is 5. The normalized spacial score (nSPS) is 20.5. The summed E-state index contributed by atoms with van der Waals surface area (Å²) in [6.45, 7) is 7.63. The van der Waals surface area contributed by atoms with Gasteiger partial charge < -0.3 is 10.4 Å². The van der Waals surface area contributed by atoms with Crippen molar-refractivity contribution in [3.05, 3.63) is 0 Å². The molecule has 1 saturated heterocycles. The van der Waals surface area contributed by atoms with Gasteiger partial charge in [-0.25, -0.2) is 0 Å². The minimum absolute atomic E-state index is 0.264. The van der Waals surface area contributed by atoms with Gasteiger partial charge in [-0.05, 0) is 32.5 Å². The summed E-state index contributed by atoms with van der Waals surface area (Å²) in [5, 5.41) is 12.2. The molecule has 15 heavy (non-hydrogen) atoms. The predicted molar refractivity (Wildman–Crippen MR) is 59.9 cm³/mol. The quantitative estimate of drug-likeness (QED) is 0.710. The number of hydrogen-bond donors (Lipinski definition) is 2. The molecule has 1 unspecified atom stereocenters. The maximum absolute atomic E-state index is 10.8. The van der Waals surface area contributed by atoms with Crippen LogP contribution in [0.1, 0.15) is 26.7 Å². The van der Waals surface area contributed by atoms with Crippen LogP contribution in [0.3, 0.4) is 0 Å². The van der Waals surface area contributed by atoms with Crippen LogP contribution < -0.4 is 5.32 Å². The zero-order chi connectivity index (χ0) is 11.3. The number of hydrogen-bond acceptors (Lipinski definition) is 3. The van der Waals surface area contributed by atoms with E-state index < -0.39 is 5.97 Å². The van der Waals surface area contributed by atoms with Crippen molar-refractivity contribution in [1.82, 2.24) is 10.2 Å². The van der Waals surface area contributed by atoms with Crippen LogP contribution in [0.25, 0.3) is 0 Å². The third-order valence-corrected chi connectivity index (χ3v) is 3.16. The monoisotopic (exact) mass is 214 g/mol. The van der Waals surface area contributed by atoms with Crippen molar-refractivity contribution >= 4 is 5.97 Å². The molecule has 1 aliphatic heterocycles. The molecule has 0 radical (unpaired) electrons. The first kappa shape index (κ1) is 12.5. The second-order valence-electron chi connectivity index (χ2n) is 4.31. The molecule has 2 N–H and O–H groups in total. The molecule has 1 heterocycles. The lowest BCUT2D eigenvalue weighted by atomic mass is 10.0. The van der Waals surface area contributed by atoms with Crippen LogP contribution in [0.5, 0.6) is 0 Å². The molecule has 88 valence electrons. The Bertz CT molecular complexity index is 203. The van der Waals surface area contributed by atoms with E-state index in [0.717, 1.165) is 32.5 Å². The molecule has 0 bridgehead atoms. The third kappa shape index (κ3) is 3.80. The Kier molecular flexibility index (Phi) is 5.05. The van der Waals surface area contributed by atoms with Gasteiger partial charge in [0.25, 0.3) is 0 Å². The van der Waals surface area contributed by atoms with Crippen molar-refractivity contribution < 1.29 is 9.90 Å². The summed E-state index contributed by atoms with van der Waals surface area (Å²) in [4.78, 5) is 13.1. The highest BCUT2D eigenvalue weighted by molar-refractivity contribution is 5.69. The molecule has 1 fully saturated rings. The Labute approximate surface area is 91.6 Å². The predicted octanol–water partition coefficient (Wildman–Crippen LogP) is 0.781. The van der Waals surface area contributed by atoms with Crippen LogP contribution in [0.15, 0.2) is 0 Å². The smallest absolute Gasteiger partial charge is 0.307 e. The molecule has 4 heteroatoms. The molecule has 0 amide bonds. The first-order chi connectivity index (χ1) is 7.15. The second-order valence-corrected chi connectivity index (χ2v) is 4.31. The van der Waals surface area contributed by atoms with Crippen molar-refractivity contribution in [2.75, 3.05) is 26.2 Å². The number of carboxylic acid groups (broad SMARTS) is 1. The highest BCUT2D eigenvalue weighted by Crippen LogP contribution is 2.13. The van der Waals surface area contributed by atoms with E-state index in [-0.39, 0.29) is 5.92 Å². The first-order valence-electron chi connectivity index (χ1n) is 5.82. The van der Waals surface area contributed by atoms with Crippen molar-refractivity contribution in [1.29, 1.82) is 0 Å². The van der Waals surface area contributed by atoms with Crippen LogP contribution in [0, 0.1) is 5.92 Å². The molecule has 0 aromatic carbocycles. The van der Waals surface area contributed by atoms with Gasteiger partial charge in [-0.3, -0.25) is 9.69 Å². The van der Waals surface area contributed by atoms with Gasteiger partial charge >= 0.3 is 5.97 Å². The number of carbonyl (C=O) groups is 1. The molecule has 0 saturated carbocycles. The zero-order valence-corrected chi connectivity index (χ0v) is 9.70. The maximum Gasteiger partial charge on any atom is 0.307 e. The number of nitrogens with zero attached hydrogens (tertiary/aromatic N) is 1. The lowest BCUT2D eigenvalue weighted by molar-refractivity contribution is -0.142. The van der Waals surface area contributed by atoms with Gasteiger partial charge in [-0.1, -0.05) is 13.8 Å². The minimum Gasteiger partial charge on any atom is -0.481 e. The summed E-state index contributed by atoms with van der Waals surface area (Å²) in [5.41, 5.74) is 0. The molecule has 0 aromatic heterocycles. The van der Waals surface area contributed by atoms with Crippen LogP contribution in [-0.4, -0.2) is 48.2 Å². The second kappa shape index (κ2) is 6.08. The van der Waals surface area contributed by atoms with E-state index in [9.17, 15) is 4.79 Å². The summed E-state index contributed by atoms with van der Waals surface area (Å²) in [5.74, 6) is -0.956. The minimum atomic E-state index is -0.692. The van der Waals surface area contributed by atoms with Gasteiger partial charge in [-0.2, -0.15) is 0 Å². The number of piperidine rings is 1. The van der Waals surface area contributed by atoms with E-state index in [1.165, 1.54) is 0 Å². The third-order valence-electron chi connectivity index (χ3n) is 3.16. The van der Waals surface area contributed by atoms with Gasteiger partial charge in [0.1, 0.15) is 0 Å². The van der Waals surface area contributed by atoms with E-state index >= 15 is 0 Å². The van der Waals surface area contributed by atoms with Crippen LogP contribution in [0.2, 0.25) is 0 Å². The van der Waals surface area contributed by atoms with E-state index in [1.54, 1.807) is 6.92 Å². The first-order valence-corrected chi connectivity index (χ1v) is 5.82. The highest BCUT2D eigenvalue weighted by atomic mass is 16.4. The molecule has 4 nitrogen and oxygen atoms in total. The average molecular weight is 214 g/mol. The molecule has 0 aromatic rings. The van der Waals surface area contributed by atoms with Gasteiger partial charge in [0.05, 0.1) is 5.92 Å². The van der Waals surface area contributed by atoms with Crippen LogP contribution in [0.4, 0.5) is 0 Å². The van der Waals surface area contributed by atoms with Crippen LogP contribution in [-0.2, 0) is 4.79 Å². The molecule has 0 aliphatic carbocycles. The number of carboxylic acids is 1. The molecular weight excluding hydrogens is 192 g/mol. The summed E-state index contributed by atoms with van der Waals surface area (Å²) < 4.78 is 0. The molecule has 1 atom stereocenters. The van der Waals surface area contributed by atoms with E-state index in [0.29, 0.717) is 12.6 Å².